The van der Waals surface area contributed by atoms with Crippen LogP contribution in [0.5, 0.6) is 0 Å². The maximum Gasteiger partial charge on any atom is 3.00 e. The average Bonchev–Trinajstić information content (AvgIpc) is 2.50. The number of carbonyl (C=O) groups is 1. The first-order valence-corrected chi connectivity index (χ1v) is 9.70. The van der Waals surface area contributed by atoms with Crippen LogP contribution in [0.15, 0.2) is 0 Å². The van der Waals surface area contributed by atoms with Gasteiger partial charge in [-0.2, -0.15) is 0 Å². The van der Waals surface area contributed by atoms with Crippen LogP contribution < -0.4 is 15.1 Å². The van der Waals surface area contributed by atoms with Gasteiger partial charge in [-0.25, -0.2) is 0 Å². The van der Waals surface area contributed by atoms with Crippen LogP contribution in [0.3, 0.4) is 0 Å². The molecule has 0 aromatic rings. The summed E-state index contributed by atoms with van der Waals surface area (Å²) in [5, 5.41) is 33.8. The molecular weight excluding hydrogens is 334 g/mol. The number of hydrogen-bond donors (Lipinski definition) is 1. The van der Waals surface area contributed by atoms with E-state index in [2.05, 4.69) is 6.92 Å². The Hall–Kier alpha value is -0.0526. The van der Waals surface area contributed by atoms with E-state index in [1.54, 1.807) is 0 Å². The predicted molar refractivity (Wildman–Crippen MR) is 98.7 cm³/mol. The summed E-state index contributed by atoms with van der Waals surface area (Å²) in [5.41, 5.74) is 0. The van der Waals surface area contributed by atoms with Crippen molar-refractivity contribution in [2.24, 2.45) is 0 Å². The van der Waals surface area contributed by atoms with Crippen molar-refractivity contribution in [3.05, 3.63) is 0 Å². The molecule has 0 rings (SSSR count). The van der Waals surface area contributed by atoms with E-state index in [9.17, 15) is 4.79 Å². The topological polar surface area (TPSA) is 106 Å². The van der Waals surface area contributed by atoms with Gasteiger partial charge in [0.25, 0.3) is 0 Å². The molecule has 0 saturated carbocycles. The first kappa shape index (κ1) is 29.7. The zero-order valence-electron chi connectivity index (χ0n) is 16.0. The van der Waals surface area contributed by atoms with Crippen molar-refractivity contribution in [3.8, 4) is 0 Å². The quantitative estimate of drug-likeness (QED) is 0.330. The molecule has 0 fully saturated rings. The van der Waals surface area contributed by atoms with Crippen molar-refractivity contribution in [2.75, 3.05) is 0 Å². The van der Waals surface area contributed by atoms with Crippen LogP contribution >= 0.6 is 0 Å². The molecule has 0 aliphatic carbocycles. The first-order valence-electron chi connectivity index (χ1n) is 9.70. The normalized spacial score (nSPS) is 9.76. The maximum atomic E-state index is 10.3. The third-order valence-electron chi connectivity index (χ3n) is 3.99. The van der Waals surface area contributed by atoms with E-state index in [4.69, 9.17) is 20.2 Å². The molecule has 0 aliphatic heterocycles. The van der Waals surface area contributed by atoms with Crippen molar-refractivity contribution in [1.82, 2.24) is 0 Å². The summed E-state index contributed by atoms with van der Waals surface area (Å²) >= 11 is 0. The Kier molecular flexibility index (Phi) is 31.1. The first-order chi connectivity index (χ1) is 11.5. The van der Waals surface area contributed by atoms with Crippen molar-refractivity contribution < 1.29 is 25.0 Å². The monoisotopic (exact) mass is 370 g/mol. The summed E-state index contributed by atoms with van der Waals surface area (Å²) in [7, 11) is -2.92. The third kappa shape index (κ3) is 40.2. The molecule has 0 saturated heterocycles. The fourth-order valence-corrected chi connectivity index (χ4v) is 2.65. The fraction of sp³-hybridized carbons (Fsp3) is 0.944. The minimum absolute atomic E-state index is 0. The molecule has 0 aromatic heterocycles. The van der Waals surface area contributed by atoms with Gasteiger partial charge in [0.05, 0.1) is 0 Å². The van der Waals surface area contributed by atoms with E-state index in [0.717, 1.165) is 12.8 Å². The van der Waals surface area contributed by atoms with Gasteiger partial charge in [0.1, 0.15) is 0 Å². The molecule has 0 atom stereocenters. The summed E-state index contributed by atoms with van der Waals surface area (Å²) < 4.78 is 0. The molecule has 144 valence electrons. The Labute approximate surface area is 165 Å². The summed E-state index contributed by atoms with van der Waals surface area (Å²) in [6.07, 6.45) is 20.2. The number of hydrogen-bond acceptors (Lipinski definition) is 4. The molecule has 0 amide bonds. The average molecular weight is 370 g/mol. The molecular formula is C18H36AlBO5. The Morgan fingerprint density at radius 2 is 0.920 bits per heavy atom. The van der Waals surface area contributed by atoms with Crippen LogP contribution in [0.4, 0.5) is 0 Å². The zero-order chi connectivity index (χ0) is 18.5. The molecule has 0 bridgehead atoms. The molecule has 0 heterocycles. The molecule has 7 heteroatoms. The van der Waals surface area contributed by atoms with Gasteiger partial charge in [-0.05, 0) is 6.42 Å². The molecule has 0 aromatic carbocycles. The standard InChI is InChI=1S/C18H36O2.Al.BO3/c1-2-3-4-5-6-7-8-9-10-11-12-13-14-15-16-17-18(19)20;;2-1(3)4/h2-17H2,1H3,(H,19,20);;/q;+3;-3. The number of carboxylic acid groups (broad SMARTS) is 1. The second-order valence-electron chi connectivity index (χ2n) is 6.38. The van der Waals surface area contributed by atoms with Gasteiger partial charge in [0, 0.05) is 6.42 Å². The van der Waals surface area contributed by atoms with Crippen molar-refractivity contribution >= 4 is 30.7 Å². The number of aliphatic carboxylic acids is 1. The molecule has 1 N–H and O–H groups in total. The van der Waals surface area contributed by atoms with E-state index in [1.807, 2.05) is 0 Å². The largest absolute Gasteiger partial charge is 3.00 e. The molecule has 0 unspecified atom stereocenters. The maximum absolute atomic E-state index is 10.3. The van der Waals surface area contributed by atoms with Gasteiger partial charge in [0.2, 0.25) is 0 Å². The molecule has 5 nitrogen and oxygen atoms in total. The Morgan fingerprint density at radius 3 is 1.16 bits per heavy atom. The van der Waals surface area contributed by atoms with Gasteiger partial charge < -0.3 is 20.2 Å². The van der Waals surface area contributed by atoms with E-state index < -0.39 is 13.3 Å². The van der Waals surface area contributed by atoms with Gasteiger partial charge in [0.15, 0.2) is 0 Å². The second-order valence-corrected chi connectivity index (χ2v) is 6.38. The van der Waals surface area contributed by atoms with Gasteiger partial charge in [-0.15, -0.1) is 0 Å². The third-order valence-corrected chi connectivity index (χ3v) is 3.99. The van der Waals surface area contributed by atoms with Crippen LogP contribution in [0.1, 0.15) is 110 Å². The summed E-state index contributed by atoms with van der Waals surface area (Å²) in [4.78, 5) is 10.3. The van der Waals surface area contributed by atoms with Gasteiger partial charge in [-0.3, -0.25) is 12.1 Å². The summed E-state index contributed by atoms with van der Waals surface area (Å²) in [5.74, 6) is -0.653. The number of carboxylic acids is 1. The van der Waals surface area contributed by atoms with Crippen molar-refractivity contribution in [2.45, 2.75) is 110 Å². The van der Waals surface area contributed by atoms with E-state index in [-0.39, 0.29) is 17.4 Å². The molecule has 0 radical (unpaired) electrons. The predicted octanol–water partition coefficient (Wildman–Crippen LogP) is 2.00. The van der Waals surface area contributed by atoms with Gasteiger partial charge in [-0.1, -0.05) is 96.8 Å². The van der Waals surface area contributed by atoms with Crippen LogP contribution in [0.25, 0.3) is 0 Å². The molecule has 25 heavy (non-hydrogen) atoms. The van der Waals surface area contributed by atoms with Gasteiger partial charge >= 0.3 is 23.3 Å². The number of rotatable bonds is 16. The van der Waals surface area contributed by atoms with Crippen molar-refractivity contribution in [1.29, 1.82) is 0 Å². The zero-order valence-corrected chi connectivity index (χ0v) is 17.2. The fourth-order valence-electron chi connectivity index (χ4n) is 2.65. The number of unbranched alkanes of at least 4 members (excludes halogenated alkanes) is 14. The van der Waals surface area contributed by atoms with E-state index in [1.165, 1.54) is 83.5 Å². The molecule has 0 aliphatic rings. The summed E-state index contributed by atoms with van der Waals surface area (Å²) in [6.45, 7) is 2.27. The van der Waals surface area contributed by atoms with Crippen LogP contribution in [-0.2, 0) is 4.79 Å². The second kappa shape index (κ2) is 26.2. The SMILES string of the molecule is CCCCCCCCCCCCCCCCCC(=O)O.[Al+3].[O-]B([O-])[O-]. The Bertz CT molecular complexity index is 253. The smallest absolute Gasteiger partial charge is 0.907 e. The van der Waals surface area contributed by atoms with E-state index in [0.29, 0.717) is 6.42 Å². The Balaban J connectivity index is -0.000000867. The van der Waals surface area contributed by atoms with Crippen LogP contribution in [0.2, 0.25) is 0 Å². The minimum atomic E-state index is -2.92. The summed E-state index contributed by atoms with van der Waals surface area (Å²) in [6, 6.07) is 0. The molecule has 0 spiro atoms. The Morgan fingerprint density at radius 1 is 0.680 bits per heavy atom. The van der Waals surface area contributed by atoms with Crippen molar-refractivity contribution in [3.63, 3.8) is 0 Å². The van der Waals surface area contributed by atoms with Crippen LogP contribution in [0, 0.1) is 0 Å². The minimum Gasteiger partial charge on any atom is -0.907 e. The van der Waals surface area contributed by atoms with Crippen LogP contribution in [-0.4, -0.2) is 35.8 Å². The van der Waals surface area contributed by atoms with E-state index >= 15 is 0 Å².